The van der Waals surface area contributed by atoms with Crippen molar-refractivity contribution in [1.82, 2.24) is 10.2 Å². The first-order valence-corrected chi connectivity index (χ1v) is 14.0. The molecule has 3 aliphatic carbocycles. The number of carbonyl (C=O) groups excluding carboxylic acids is 3. The summed E-state index contributed by atoms with van der Waals surface area (Å²) in [4.78, 5) is 38.2. The van der Waals surface area contributed by atoms with Crippen LogP contribution >= 0.6 is 0 Å². The highest BCUT2D eigenvalue weighted by Crippen LogP contribution is 2.63. The molecule has 0 radical (unpaired) electrons. The van der Waals surface area contributed by atoms with Gasteiger partial charge in [-0.1, -0.05) is 39.2 Å². The van der Waals surface area contributed by atoms with Crippen LogP contribution in [0.4, 0.5) is 0 Å². The summed E-state index contributed by atoms with van der Waals surface area (Å²) in [7, 11) is 3.41. The van der Waals surface area contributed by atoms with E-state index >= 15 is 0 Å². The summed E-state index contributed by atoms with van der Waals surface area (Å²) in [5.41, 5.74) is 0.263. The Morgan fingerprint density at radius 1 is 1.00 bits per heavy atom. The van der Waals surface area contributed by atoms with Crippen molar-refractivity contribution in [3.63, 3.8) is 0 Å². The number of hydrogen-bond acceptors (Lipinski definition) is 4. The van der Waals surface area contributed by atoms with Gasteiger partial charge in [0.15, 0.2) is 0 Å². The number of carbonyl (C=O) groups is 3. The number of rotatable bonds is 9. The topological polar surface area (TPSA) is 75.7 Å². The van der Waals surface area contributed by atoms with E-state index in [1.807, 2.05) is 18.0 Å². The van der Waals surface area contributed by atoms with Crippen molar-refractivity contribution in [1.29, 1.82) is 0 Å². The van der Waals surface area contributed by atoms with Crippen molar-refractivity contribution in [2.75, 3.05) is 14.2 Å². The Hall–Kier alpha value is -1.85. The number of unbranched alkanes of at least 4 members (excludes halogenated alkanes) is 4. The quantitative estimate of drug-likeness (QED) is 0.367. The van der Waals surface area contributed by atoms with Crippen LogP contribution in [-0.2, 0) is 19.1 Å². The van der Waals surface area contributed by atoms with Gasteiger partial charge in [-0.05, 0) is 80.6 Å². The molecule has 3 saturated carbocycles. The van der Waals surface area contributed by atoms with Gasteiger partial charge in [-0.15, -0.1) is 0 Å². The molecular weight excluding hydrogens is 440 g/mol. The third-order valence-corrected chi connectivity index (χ3v) is 10.5. The molecule has 0 spiro atoms. The molecule has 0 bridgehead atoms. The Kier molecular flexibility index (Phi) is 7.97. The monoisotopic (exact) mass is 486 g/mol. The second kappa shape index (κ2) is 10.6. The van der Waals surface area contributed by atoms with E-state index in [9.17, 15) is 14.4 Å². The number of hydrogen-bond donors (Lipinski definition) is 1. The lowest BCUT2D eigenvalue weighted by atomic mass is 9.48. The second-order valence-corrected chi connectivity index (χ2v) is 12.2. The molecule has 3 fully saturated rings. The van der Waals surface area contributed by atoms with Crippen LogP contribution in [0.2, 0.25) is 0 Å². The van der Waals surface area contributed by atoms with Crippen LogP contribution in [0.5, 0.6) is 0 Å². The van der Waals surface area contributed by atoms with Crippen molar-refractivity contribution in [2.24, 2.45) is 28.6 Å². The van der Waals surface area contributed by atoms with Gasteiger partial charge in [0.25, 0.3) is 0 Å². The number of amides is 2. The molecular formula is C29H46N2O4. The molecule has 0 saturated heterocycles. The van der Waals surface area contributed by atoms with Gasteiger partial charge in [0.1, 0.15) is 0 Å². The van der Waals surface area contributed by atoms with Gasteiger partial charge in [0, 0.05) is 37.4 Å². The van der Waals surface area contributed by atoms with E-state index in [0.717, 1.165) is 51.4 Å². The lowest BCUT2D eigenvalue weighted by molar-refractivity contribution is -0.141. The first kappa shape index (κ1) is 26.2. The molecule has 4 rings (SSSR count). The SMILES string of the molecule is COC(=O)CCCCCCCC(=O)NC1CC[C@H]2[C@@H]3CCC4N(C)C(=O)C=C[C@]4(C)[C@@H]3CC[C@]12C. The second-order valence-electron chi connectivity index (χ2n) is 12.2. The lowest BCUT2D eigenvalue weighted by Crippen LogP contribution is -2.60. The van der Waals surface area contributed by atoms with Crippen molar-refractivity contribution in [3.8, 4) is 0 Å². The highest BCUT2D eigenvalue weighted by molar-refractivity contribution is 5.89. The number of ether oxygens (including phenoxy) is 1. The van der Waals surface area contributed by atoms with E-state index in [-0.39, 0.29) is 34.7 Å². The zero-order valence-electron chi connectivity index (χ0n) is 22.3. The van der Waals surface area contributed by atoms with Crippen LogP contribution in [0, 0.1) is 28.6 Å². The molecule has 7 atom stereocenters. The van der Waals surface area contributed by atoms with Crippen LogP contribution < -0.4 is 5.32 Å². The third kappa shape index (κ3) is 5.04. The van der Waals surface area contributed by atoms with Crippen molar-refractivity contribution >= 4 is 17.8 Å². The Bertz CT molecular complexity index is 841. The molecule has 196 valence electrons. The molecule has 6 nitrogen and oxygen atoms in total. The average Bonchev–Trinajstić information content (AvgIpc) is 3.17. The molecule has 0 aromatic carbocycles. The molecule has 6 heteroatoms. The fourth-order valence-corrected chi connectivity index (χ4v) is 8.43. The van der Waals surface area contributed by atoms with Gasteiger partial charge >= 0.3 is 5.97 Å². The van der Waals surface area contributed by atoms with Gasteiger partial charge < -0.3 is 15.0 Å². The summed E-state index contributed by atoms with van der Waals surface area (Å²) in [5.74, 6) is 2.20. The average molecular weight is 487 g/mol. The minimum Gasteiger partial charge on any atom is -0.469 e. The van der Waals surface area contributed by atoms with Crippen LogP contribution in [0.3, 0.4) is 0 Å². The van der Waals surface area contributed by atoms with Crippen molar-refractivity contribution in [3.05, 3.63) is 12.2 Å². The number of likely N-dealkylation sites (N-methyl/N-ethyl adjacent to an activating group) is 1. The third-order valence-electron chi connectivity index (χ3n) is 10.5. The Labute approximate surface area is 211 Å². The number of nitrogens with zero attached hydrogens (tertiary/aromatic N) is 1. The molecule has 0 aromatic rings. The molecule has 2 unspecified atom stereocenters. The highest BCUT2D eigenvalue weighted by atomic mass is 16.5. The molecule has 0 aromatic heterocycles. The fourth-order valence-electron chi connectivity index (χ4n) is 8.43. The van der Waals surface area contributed by atoms with Crippen LogP contribution in [-0.4, -0.2) is 48.9 Å². The first-order valence-electron chi connectivity index (χ1n) is 14.0. The van der Waals surface area contributed by atoms with E-state index < -0.39 is 0 Å². The van der Waals surface area contributed by atoms with Crippen LogP contribution in [0.25, 0.3) is 0 Å². The maximum absolute atomic E-state index is 12.8. The van der Waals surface area contributed by atoms with E-state index in [1.165, 1.54) is 26.4 Å². The summed E-state index contributed by atoms with van der Waals surface area (Å²) in [6.45, 7) is 4.83. The maximum Gasteiger partial charge on any atom is 0.305 e. The summed E-state index contributed by atoms with van der Waals surface area (Å²) < 4.78 is 4.68. The Morgan fingerprint density at radius 2 is 1.71 bits per heavy atom. The zero-order chi connectivity index (χ0) is 25.2. The molecule has 1 heterocycles. The summed E-state index contributed by atoms with van der Waals surface area (Å²) >= 11 is 0. The van der Waals surface area contributed by atoms with Gasteiger partial charge in [0.05, 0.1) is 7.11 Å². The fraction of sp³-hybridized carbons (Fsp3) is 0.828. The molecule has 2 amide bonds. The van der Waals surface area contributed by atoms with Gasteiger partial charge in [-0.2, -0.15) is 0 Å². The number of esters is 1. The van der Waals surface area contributed by atoms with Crippen molar-refractivity contribution < 1.29 is 19.1 Å². The van der Waals surface area contributed by atoms with E-state index in [1.54, 1.807) is 0 Å². The van der Waals surface area contributed by atoms with Crippen LogP contribution in [0.15, 0.2) is 12.2 Å². The Balaban J connectivity index is 1.27. The maximum atomic E-state index is 12.8. The normalized spacial score (nSPS) is 37.9. The standard InChI is InChI=1S/C29H46N2O4/c1-28-18-16-22-20(12-15-24-29(22,2)19-17-26(33)31(24)3)21(28)13-14-23(28)30-25(32)10-8-6-5-7-9-11-27(34)35-4/h17,19-24H,5-16,18H2,1-4H3,(H,30,32)/t20-,21-,22+,23?,24?,28-,29+/m0/s1. The van der Waals surface area contributed by atoms with Gasteiger partial charge in [-0.3, -0.25) is 14.4 Å². The minimum absolute atomic E-state index is 0.0745. The summed E-state index contributed by atoms with van der Waals surface area (Å²) in [5, 5.41) is 3.45. The summed E-state index contributed by atoms with van der Waals surface area (Å²) in [6, 6.07) is 0.612. The first-order chi connectivity index (χ1) is 16.7. The molecule has 1 aliphatic heterocycles. The zero-order valence-corrected chi connectivity index (χ0v) is 22.3. The minimum atomic E-state index is -0.137. The van der Waals surface area contributed by atoms with E-state index in [2.05, 4.69) is 30.0 Å². The largest absolute Gasteiger partial charge is 0.469 e. The molecule has 4 aliphatic rings. The smallest absolute Gasteiger partial charge is 0.305 e. The van der Waals surface area contributed by atoms with Gasteiger partial charge in [0.2, 0.25) is 11.8 Å². The summed E-state index contributed by atoms with van der Waals surface area (Å²) in [6.07, 6.45) is 17.0. The number of methoxy groups -OCH3 is 1. The highest BCUT2D eigenvalue weighted by Gasteiger charge is 2.60. The number of fused-ring (bicyclic) bond motifs is 5. The van der Waals surface area contributed by atoms with E-state index in [4.69, 9.17) is 0 Å². The van der Waals surface area contributed by atoms with Gasteiger partial charge in [-0.25, -0.2) is 0 Å². The predicted octanol–water partition coefficient (Wildman–Crippen LogP) is 5.01. The molecule has 35 heavy (non-hydrogen) atoms. The lowest BCUT2D eigenvalue weighted by Gasteiger charge is -2.60. The van der Waals surface area contributed by atoms with Crippen molar-refractivity contribution in [2.45, 2.75) is 109 Å². The predicted molar refractivity (Wildman–Crippen MR) is 136 cm³/mol. The Morgan fingerprint density at radius 3 is 2.46 bits per heavy atom. The van der Waals surface area contributed by atoms with Crippen LogP contribution in [0.1, 0.15) is 97.3 Å². The molecule has 1 N–H and O–H groups in total. The van der Waals surface area contributed by atoms with E-state index in [0.29, 0.717) is 36.6 Å². The number of nitrogens with one attached hydrogen (secondary N) is 1.